The van der Waals surface area contributed by atoms with Crippen molar-refractivity contribution in [2.45, 2.75) is 18.6 Å². The Morgan fingerprint density at radius 3 is 2.40 bits per heavy atom. The summed E-state index contributed by atoms with van der Waals surface area (Å²) in [6.45, 7) is 1.60. The Bertz CT molecular complexity index is 124. The van der Waals surface area contributed by atoms with E-state index >= 15 is 0 Å². The highest BCUT2D eigenvalue weighted by atomic mass is 127. The van der Waals surface area contributed by atoms with E-state index in [9.17, 15) is 0 Å². The molecule has 0 bridgehead atoms. The lowest BCUT2D eigenvalue weighted by molar-refractivity contribution is -0.225. The normalized spacial score (nSPS) is 30.9. The second-order valence-corrected chi connectivity index (χ2v) is 3.92. The monoisotopic (exact) mass is 254 g/mol. The van der Waals surface area contributed by atoms with Gasteiger partial charge in [-0.15, -0.1) is 0 Å². The number of ether oxygens (including phenoxy) is 2. The van der Waals surface area contributed by atoms with Crippen molar-refractivity contribution >= 4 is 22.6 Å². The van der Waals surface area contributed by atoms with Crippen LogP contribution in [0.5, 0.6) is 0 Å². The highest BCUT2D eigenvalue weighted by Crippen LogP contribution is 2.44. The molecule has 1 saturated carbocycles. The van der Waals surface area contributed by atoms with E-state index in [1.165, 1.54) is 4.43 Å². The minimum atomic E-state index is -0.115. The number of alkyl halides is 1. The highest BCUT2D eigenvalue weighted by molar-refractivity contribution is 14.1. The molecular weight excluding hydrogens is 243 g/mol. The van der Waals surface area contributed by atoms with Crippen LogP contribution in [0.3, 0.4) is 0 Å². The number of hydrogen-bond donors (Lipinski definition) is 0. The van der Waals surface area contributed by atoms with Crippen molar-refractivity contribution in [3.8, 4) is 0 Å². The van der Waals surface area contributed by atoms with Crippen LogP contribution in [0.25, 0.3) is 0 Å². The van der Waals surface area contributed by atoms with Crippen molar-refractivity contribution in [1.82, 2.24) is 0 Å². The predicted octanol–water partition coefficient (Wildman–Crippen LogP) is 1.57. The molecule has 3 heteroatoms. The molecule has 58 valence electrons. The molecule has 0 aromatic carbocycles. The number of halogens is 1. The summed E-state index contributed by atoms with van der Waals surface area (Å²) < 4.78 is 12.2. The molecule has 0 aromatic rings. The average molecular weight is 254 g/mol. The molecule has 10 heavy (non-hydrogen) atoms. The Labute approximate surface area is 74.4 Å². The zero-order chi connectivity index (χ0) is 7.03. The summed E-state index contributed by atoms with van der Waals surface area (Å²) in [6, 6.07) is 0. The lowest BCUT2D eigenvalue weighted by Crippen LogP contribution is -2.45. The predicted molar refractivity (Wildman–Crippen MR) is 46.2 cm³/mol. The van der Waals surface area contributed by atoms with Crippen molar-refractivity contribution in [2.75, 3.05) is 17.6 Å². The maximum atomic E-state index is 5.48. The molecule has 0 N–H and O–H groups in total. The molecule has 1 saturated heterocycles. The largest absolute Gasteiger partial charge is 0.348 e. The van der Waals surface area contributed by atoms with Gasteiger partial charge in [0, 0.05) is 17.3 Å². The van der Waals surface area contributed by atoms with Gasteiger partial charge >= 0.3 is 0 Å². The summed E-state index contributed by atoms with van der Waals surface area (Å²) in [5, 5.41) is 0. The Hall–Kier alpha value is 0.650. The van der Waals surface area contributed by atoms with Gasteiger partial charge in [0.1, 0.15) is 0 Å². The smallest absolute Gasteiger partial charge is 0.169 e. The summed E-state index contributed by atoms with van der Waals surface area (Å²) in [4.78, 5) is 0. The SMILES string of the molecule is ICC1CC2(C1)OCCO2. The molecule has 0 unspecified atom stereocenters. The molecule has 1 aliphatic heterocycles. The molecule has 1 aliphatic carbocycles. The maximum Gasteiger partial charge on any atom is 0.169 e. The zero-order valence-corrected chi connectivity index (χ0v) is 7.96. The molecule has 1 heterocycles. The van der Waals surface area contributed by atoms with Gasteiger partial charge in [-0.25, -0.2) is 0 Å². The second kappa shape index (κ2) is 2.60. The van der Waals surface area contributed by atoms with E-state index in [0.29, 0.717) is 0 Å². The summed E-state index contributed by atoms with van der Waals surface area (Å²) in [6.07, 6.45) is 2.24. The first-order valence-corrected chi connectivity index (χ1v) is 5.21. The lowest BCUT2D eigenvalue weighted by atomic mass is 9.80. The first-order valence-electron chi connectivity index (χ1n) is 3.68. The number of hydrogen-bond acceptors (Lipinski definition) is 2. The molecule has 0 atom stereocenters. The first kappa shape index (κ1) is 7.31. The maximum absolute atomic E-state index is 5.48. The van der Waals surface area contributed by atoms with E-state index in [0.717, 1.165) is 32.0 Å². The van der Waals surface area contributed by atoms with Crippen LogP contribution in [0.2, 0.25) is 0 Å². The van der Waals surface area contributed by atoms with Gasteiger partial charge < -0.3 is 9.47 Å². The lowest BCUT2D eigenvalue weighted by Gasteiger charge is -2.42. The van der Waals surface area contributed by atoms with Crippen LogP contribution < -0.4 is 0 Å². The van der Waals surface area contributed by atoms with Gasteiger partial charge in [0.25, 0.3) is 0 Å². The molecule has 2 nitrogen and oxygen atoms in total. The van der Waals surface area contributed by atoms with Gasteiger partial charge in [-0.1, -0.05) is 22.6 Å². The molecule has 0 amide bonds. The van der Waals surface area contributed by atoms with Gasteiger partial charge in [-0.2, -0.15) is 0 Å². The third-order valence-corrected chi connectivity index (χ3v) is 3.48. The minimum Gasteiger partial charge on any atom is -0.348 e. The summed E-state index contributed by atoms with van der Waals surface area (Å²) in [7, 11) is 0. The van der Waals surface area contributed by atoms with Crippen molar-refractivity contribution < 1.29 is 9.47 Å². The van der Waals surface area contributed by atoms with Crippen LogP contribution >= 0.6 is 22.6 Å². The Balaban J connectivity index is 1.86. The summed E-state index contributed by atoms with van der Waals surface area (Å²) in [5.74, 6) is 0.731. The third-order valence-electron chi connectivity index (χ3n) is 2.23. The Morgan fingerprint density at radius 1 is 1.30 bits per heavy atom. The standard InChI is InChI=1S/C7H11IO2/c8-5-6-3-7(4-6)9-1-2-10-7/h6H,1-5H2. The Kier molecular flexibility index (Phi) is 1.90. The van der Waals surface area contributed by atoms with E-state index in [4.69, 9.17) is 9.47 Å². The third kappa shape index (κ3) is 1.08. The van der Waals surface area contributed by atoms with Crippen LogP contribution in [-0.2, 0) is 9.47 Å². The fourth-order valence-corrected chi connectivity index (χ4v) is 2.28. The van der Waals surface area contributed by atoms with Gasteiger partial charge in [0.15, 0.2) is 5.79 Å². The molecule has 0 aromatic heterocycles. The number of rotatable bonds is 1. The average Bonchev–Trinajstić information content (AvgIpc) is 2.30. The van der Waals surface area contributed by atoms with Crippen molar-refractivity contribution in [3.05, 3.63) is 0 Å². The van der Waals surface area contributed by atoms with E-state index in [1.807, 2.05) is 0 Å². The van der Waals surface area contributed by atoms with Crippen LogP contribution in [-0.4, -0.2) is 23.4 Å². The second-order valence-electron chi connectivity index (χ2n) is 3.04. The van der Waals surface area contributed by atoms with E-state index < -0.39 is 0 Å². The summed E-state index contributed by atoms with van der Waals surface area (Å²) >= 11 is 2.42. The first-order chi connectivity index (χ1) is 4.85. The van der Waals surface area contributed by atoms with Gasteiger partial charge in [0.05, 0.1) is 13.2 Å². The summed E-state index contributed by atoms with van der Waals surface area (Å²) in [5.41, 5.74) is 0. The quantitative estimate of drug-likeness (QED) is 0.522. The van der Waals surface area contributed by atoms with E-state index in [1.54, 1.807) is 0 Å². The topological polar surface area (TPSA) is 18.5 Å². The molecule has 0 radical (unpaired) electrons. The van der Waals surface area contributed by atoms with Crippen molar-refractivity contribution in [2.24, 2.45) is 5.92 Å². The fourth-order valence-electron chi connectivity index (χ4n) is 1.66. The van der Waals surface area contributed by atoms with Crippen LogP contribution in [0, 0.1) is 5.92 Å². The molecule has 2 fully saturated rings. The van der Waals surface area contributed by atoms with Crippen LogP contribution in [0.1, 0.15) is 12.8 Å². The van der Waals surface area contributed by atoms with E-state index in [2.05, 4.69) is 22.6 Å². The minimum absolute atomic E-state index is 0.115. The Morgan fingerprint density at radius 2 is 1.90 bits per heavy atom. The van der Waals surface area contributed by atoms with Crippen molar-refractivity contribution in [3.63, 3.8) is 0 Å². The molecule has 1 spiro atoms. The molecule has 2 aliphatic rings. The molecular formula is C7H11IO2. The van der Waals surface area contributed by atoms with Gasteiger partial charge in [-0.3, -0.25) is 0 Å². The van der Waals surface area contributed by atoms with E-state index in [-0.39, 0.29) is 5.79 Å². The van der Waals surface area contributed by atoms with Gasteiger partial charge in [-0.05, 0) is 5.92 Å². The van der Waals surface area contributed by atoms with Crippen LogP contribution in [0.15, 0.2) is 0 Å². The van der Waals surface area contributed by atoms with Crippen molar-refractivity contribution in [1.29, 1.82) is 0 Å². The fraction of sp³-hybridized carbons (Fsp3) is 1.00. The zero-order valence-electron chi connectivity index (χ0n) is 5.81. The molecule has 2 rings (SSSR count). The van der Waals surface area contributed by atoms with Gasteiger partial charge in [0.2, 0.25) is 0 Å². The van der Waals surface area contributed by atoms with Crippen LogP contribution in [0.4, 0.5) is 0 Å². The highest BCUT2D eigenvalue weighted by Gasteiger charge is 2.48.